The van der Waals surface area contributed by atoms with Crippen molar-refractivity contribution >= 4 is 29.1 Å². The van der Waals surface area contributed by atoms with Crippen molar-refractivity contribution in [3.63, 3.8) is 0 Å². The number of anilines is 1. The molecule has 0 spiro atoms. The molecule has 3 atom stereocenters. The molecule has 0 aliphatic carbocycles. The van der Waals surface area contributed by atoms with Gasteiger partial charge in [-0.2, -0.15) is 9.74 Å². The third-order valence-electron chi connectivity index (χ3n) is 6.58. The van der Waals surface area contributed by atoms with Gasteiger partial charge in [-0.1, -0.05) is 19.1 Å². The molecule has 1 aromatic carbocycles. The average molecular weight is 426 g/mol. The number of hydrogen-bond donors (Lipinski definition) is 1. The van der Waals surface area contributed by atoms with E-state index in [9.17, 15) is 4.79 Å². The molecule has 2 saturated heterocycles. The summed E-state index contributed by atoms with van der Waals surface area (Å²) in [5.74, 6) is 1.22. The van der Waals surface area contributed by atoms with Crippen molar-refractivity contribution in [2.24, 2.45) is 11.7 Å². The van der Waals surface area contributed by atoms with Crippen LogP contribution in [0.5, 0.6) is 0 Å². The first-order valence-corrected chi connectivity index (χ1v) is 11.3. The first-order valence-electron chi connectivity index (χ1n) is 10.5. The van der Waals surface area contributed by atoms with E-state index in [-0.39, 0.29) is 16.6 Å². The number of likely N-dealkylation sites (tertiary alicyclic amines) is 1. The molecule has 0 bridgehead atoms. The molecule has 2 aliphatic rings. The van der Waals surface area contributed by atoms with E-state index in [4.69, 9.17) is 11.0 Å². The summed E-state index contributed by atoms with van der Waals surface area (Å²) in [6, 6.07) is 12.6. The number of amides is 2. The van der Waals surface area contributed by atoms with Crippen molar-refractivity contribution in [1.82, 2.24) is 13.8 Å². The van der Waals surface area contributed by atoms with Gasteiger partial charge in [-0.05, 0) is 36.2 Å². The molecule has 2 unspecified atom stereocenters. The predicted octanol–water partition coefficient (Wildman–Crippen LogP) is 3.27. The highest BCUT2D eigenvalue weighted by atomic mass is 32.1. The summed E-state index contributed by atoms with van der Waals surface area (Å²) >= 11 is 1.43. The molecular weight excluding hydrogens is 396 g/mol. The number of carbonyl (C=O) groups is 1. The van der Waals surface area contributed by atoms with Crippen molar-refractivity contribution in [2.45, 2.75) is 26.3 Å². The van der Waals surface area contributed by atoms with Gasteiger partial charge in [0.1, 0.15) is 6.04 Å². The molecule has 2 fully saturated rings. The maximum absolute atomic E-state index is 12.4. The molecule has 2 amide bonds. The Hall–Kier alpha value is -2.47. The second-order valence-electron chi connectivity index (χ2n) is 8.60. The topological polar surface area (TPSA) is 86.3 Å². The summed E-state index contributed by atoms with van der Waals surface area (Å²) in [4.78, 5) is 18.0. The van der Waals surface area contributed by atoms with Crippen LogP contribution in [0.15, 0.2) is 30.3 Å². The molecule has 0 radical (unpaired) electrons. The van der Waals surface area contributed by atoms with Gasteiger partial charge in [0.15, 0.2) is 0 Å². The van der Waals surface area contributed by atoms with Crippen LogP contribution in [0.2, 0.25) is 0 Å². The lowest BCUT2D eigenvalue weighted by Crippen LogP contribution is -2.59. The van der Waals surface area contributed by atoms with E-state index in [0.717, 1.165) is 55.4 Å². The smallest absolute Gasteiger partial charge is 0.369 e. The van der Waals surface area contributed by atoms with Crippen LogP contribution in [-0.2, 0) is 0 Å². The van der Waals surface area contributed by atoms with Gasteiger partial charge in [0.2, 0.25) is 5.82 Å². The number of rotatable bonds is 4. The second-order valence-corrected chi connectivity index (χ2v) is 9.40. The zero-order valence-corrected chi connectivity index (χ0v) is 18.4. The Balaban J connectivity index is 1.51. The molecule has 2 N–H and O–H groups in total. The number of urea groups is 1. The summed E-state index contributed by atoms with van der Waals surface area (Å²) in [6.45, 7) is 9.18. The quantitative estimate of drug-likeness (QED) is 0.600. The van der Waals surface area contributed by atoms with Crippen molar-refractivity contribution in [1.29, 1.82) is 5.26 Å². The van der Waals surface area contributed by atoms with Crippen molar-refractivity contribution in [3.05, 3.63) is 30.3 Å². The van der Waals surface area contributed by atoms with Gasteiger partial charge >= 0.3 is 6.03 Å². The van der Waals surface area contributed by atoms with Crippen LogP contribution in [0.25, 0.3) is 10.4 Å². The van der Waals surface area contributed by atoms with Crippen molar-refractivity contribution in [3.8, 4) is 16.5 Å². The van der Waals surface area contributed by atoms with E-state index < -0.39 is 0 Å². The number of carbonyl (C=O) groups excluding carboxylic acids is 1. The Morgan fingerprint density at radius 3 is 2.53 bits per heavy atom. The fourth-order valence-corrected chi connectivity index (χ4v) is 5.73. The maximum Gasteiger partial charge on any atom is 0.420 e. The number of nitrogens with two attached hydrogens (primary N) is 1. The fourth-order valence-electron chi connectivity index (χ4n) is 4.94. The van der Waals surface area contributed by atoms with Crippen LogP contribution in [0.3, 0.4) is 0 Å². The van der Waals surface area contributed by atoms with Gasteiger partial charge in [-0.3, -0.25) is 4.90 Å². The zero-order chi connectivity index (χ0) is 21.3. The Morgan fingerprint density at radius 1 is 1.27 bits per heavy atom. The summed E-state index contributed by atoms with van der Waals surface area (Å²) in [6.07, 6.45) is 0.978. The highest BCUT2D eigenvalue weighted by Gasteiger charge is 2.51. The SMILES string of the molecule is CC1C[C@H](C)C[N+]1(C(N)=O)c1cc(-c2ccc(N3CCN(CC#N)CC3)cc2)sn1. The van der Waals surface area contributed by atoms with E-state index >= 15 is 0 Å². The minimum atomic E-state index is -0.311. The predicted molar refractivity (Wildman–Crippen MR) is 121 cm³/mol. The number of primary amides is 1. The van der Waals surface area contributed by atoms with Crippen LogP contribution in [0.4, 0.5) is 16.3 Å². The number of benzene rings is 1. The van der Waals surface area contributed by atoms with Crippen LogP contribution in [0.1, 0.15) is 20.3 Å². The van der Waals surface area contributed by atoms with Gasteiger partial charge < -0.3 is 10.6 Å². The second kappa shape index (κ2) is 8.34. The van der Waals surface area contributed by atoms with E-state index in [1.807, 2.05) is 6.07 Å². The Bertz CT molecular complexity index is 943. The minimum absolute atomic E-state index is 0.148. The van der Waals surface area contributed by atoms with Crippen LogP contribution < -0.4 is 15.1 Å². The van der Waals surface area contributed by atoms with Crippen molar-refractivity contribution < 1.29 is 4.79 Å². The van der Waals surface area contributed by atoms with Gasteiger partial charge in [-0.25, -0.2) is 4.79 Å². The molecule has 0 saturated carbocycles. The molecule has 2 aromatic rings. The highest BCUT2D eigenvalue weighted by Crippen LogP contribution is 2.40. The molecule has 30 heavy (non-hydrogen) atoms. The summed E-state index contributed by atoms with van der Waals surface area (Å²) in [5, 5.41) is 8.85. The first kappa shape index (κ1) is 20.8. The third kappa shape index (κ3) is 3.69. The van der Waals surface area contributed by atoms with Crippen LogP contribution in [-0.4, -0.2) is 60.6 Å². The number of hydrogen-bond acceptors (Lipinski definition) is 6. The van der Waals surface area contributed by atoms with E-state index in [0.29, 0.717) is 12.5 Å². The Labute approximate surface area is 182 Å². The summed E-state index contributed by atoms with van der Waals surface area (Å²) in [5.41, 5.74) is 8.17. The third-order valence-corrected chi connectivity index (χ3v) is 7.41. The fraction of sp³-hybridized carbons (Fsp3) is 0.500. The van der Waals surface area contributed by atoms with Crippen LogP contribution >= 0.6 is 11.5 Å². The van der Waals surface area contributed by atoms with Gasteiger partial charge in [0.25, 0.3) is 0 Å². The van der Waals surface area contributed by atoms with Gasteiger partial charge in [0, 0.05) is 50.3 Å². The number of aromatic nitrogens is 1. The Morgan fingerprint density at radius 2 is 1.97 bits per heavy atom. The van der Waals surface area contributed by atoms with E-state index in [2.05, 4.69) is 58.4 Å². The molecule has 1 aromatic heterocycles. The van der Waals surface area contributed by atoms with Crippen molar-refractivity contribution in [2.75, 3.05) is 44.2 Å². The number of quaternary nitrogens is 1. The average Bonchev–Trinajstić information content (AvgIpc) is 3.34. The molecule has 158 valence electrons. The van der Waals surface area contributed by atoms with E-state index in [1.54, 1.807) is 0 Å². The lowest BCUT2D eigenvalue weighted by molar-refractivity contribution is 0.204. The van der Waals surface area contributed by atoms with E-state index in [1.165, 1.54) is 17.2 Å². The molecule has 8 heteroatoms. The lowest BCUT2D eigenvalue weighted by Gasteiger charge is -2.35. The number of nitrogens with zero attached hydrogens (tertiary/aromatic N) is 5. The highest BCUT2D eigenvalue weighted by molar-refractivity contribution is 7.09. The standard InChI is InChI=1S/C22H28N6OS/c1-16-13-17(2)28(15-16,22(24)29)21-14-20(30-25-21)18-3-5-19(6-4-18)27-11-9-26(8-7-23)10-12-27/h3-6,14,16-17H,8-13,15H2,1-2H3,(H-,24,29)/p+1/t16-,17?,28?/m0/s1. The molecule has 4 rings (SSSR count). The van der Waals surface area contributed by atoms with Gasteiger partial charge in [0.05, 0.1) is 24.0 Å². The normalized spacial score (nSPS) is 27.2. The molecule has 2 aliphatic heterocycles. The maximum atomic E-state index is 12.4. The first-order chi connectivity index (χ1) is 14.4. The molecule has 7 nitrogen and oxygen atoms in total. The summed E-state index contributed by atoms with van der Waals surface area (Å²) in [7, 11) is 0. The summed E-state index contributed by atoms with van der Waals surface area (Å²) < 4.78 is 4.82. The lowest BCUT2D eigenvalue weighted by atomic mass is 10.1. The monoisotopic (exact) mass is 425 g/mol. The molecular formula is C22H29N6OS+. The minimum Gasteiger partial charge on any atom is -0.369 e. The Kier molecular flexibility index (Phi) is 5.78. The van der Waals surface area contributed by atoms with Gasteiger partial charge in [-0.15, -0.1) is 4.37 Å². The number of piperazine rings is 1. The number of nitriles is 1. The van der Waals surface area contributed by atoms with Crippen LogP contribution in [0, 0.1) is 17.2 Å². The zero-order valence-electron chi connectivity index (χ0n) is 17.6. The molecule has 3 heterocycles. The largest absolute Gasteiger partial charge is 0.420 e.